The molecule has 0 saturated heterocycles. The molecule has 0 radical (unpaired) electrons. The summed E-state index contributed by atoms with van der Waals surface area (Å²) in [4.78, 5) is 20.0. The first-order valence-corrected chi connectivity index (χ1v) is 7.15. The molecule has 0 aliphatic carbocycles. The van der Waals surface area contributed by atoms with Crippen LogP contribution in [-0.2, 0) is 6.18 Å². The molecule has 0 spiro atoms. The number of nitrogens with zero attached hydrogens (tertiary/aromatic N) is 5. The molecule has 10 heteroatoms. The van der Waals surface area contributed by atoms with Crippen LogP contribution in [0.1, 0.15) is 21.6 Å². The summed E-state index contributed by atoms with van der Waals surface area (Å²) in [6, 6.07) is 7.65. The summed E-state index contributed by atoms with van der Waals surface area (Å²) in [7, 11) is 0. The minimum Gasteiger partial charge on any atom is -0.305 e. The van der Waals surface area contributed by atoms with Gasteiger partial charge >= 0.3 is 6.18 Å². The van der Waals surface area contributed by atoms with Crippen LogP contribution in [-0.4, -0.2) is 25.7 Å². The normalized spacial score (nSPS) is 11.0. The van der Waals surface area contributed by atoms with Gasteiger partial charge in [0.05, 0.1) is 11.1 Å². The first kappa shape index (κ1) is 17.1. The van der Waals surface area contributed by atoms with Gasteiger partial charge in [-0.15, -0.1) is 5.10 Å². The summed E-state index contributed by atoms with van der Waals surface area (Å²) in [6.07, 6.45) is -0.567. The molecule has 26 heavy (non-hydrogen) atoms. The molecule has 2 aromatic heterocycles. The third-order valence-electron chi connectivity index (χ3n) is 3.31. The van der Waals surface area contributed by atoms with E-state index in [2.05, 4.69) is 20.4 Å². The molecule has 0 unspecified atom stereocenters. The van der Waals surface area contributed by atoms with Crippen molar-refractivity contribution < 1.29 is 18.0 Å². The number of rotatable bonds is 3. The molecule has 1 amide bonds. The molecule has 0 atom stereocenters. The lowest BCUT2D eigenvalue weighted by molar-refractivity contribution is -0.137. The van der Waals surface area contributed by atoms with E-state index in [-0.39, 0.29) is 17.3 Å². The van der Waals surface area contributed by atoms with Crippen molar-refractivity contribution in [2.24, 2.45) is 0 Å². The smallest absolute Gasteiger partial charge is 0.305 e. The Morgan fingerprint density at radius 1 is 1.15 bits per heavy atom. The van der Waals surface area contributed by atoms with Crippen molar-refractivity contribution in [3.8, 4) is 11.9 Å². The Balaban J connectivity index is 1.87. The van der Waals surface area contributed by atoms with E-state index in [0.29, 0.717) is 0 Å². The lowest BCUT2D eigenvalue weighted by Gasteiger charge is -2.11. The summed E-state index contributed by atoms with van der Waals surface area (Å²) in [6.45, 7) is 0. The second-order valence-electron chi connectivity index (χ2n) is 4.98. The van der Waals surface area contributed by atoms with Gasteiger partial charge < -0.3 is 5.32 Å². The van der Waals surface area contributed by atoms with Crippen LogP contribution < -0.4 is 5.32 Å². The van der Waals surface area contributed by atoms with Gasteiger partial charge in [0, 0.05) is 24.7 Å². The van der Waals surface area contributed by atoms with E-state index in [0.717, 1.165) is 12.1 Å². The minimum absolute atomic E-state index is 0.00141. The van der Waals surface area contributed by atoms with Crippen molar-refractivity contribution >= 4 is 11.7 Å². The molecule has 0 bridgehead atoms. The number of aromatic nitrogens is 4. The van der Waals surface area contributed by atoms with E-state index in [4.69, 9.17) is 5.26 Å². The standard InChI is InChI=1S/C16H9F3N6O/c17-16(18,19)11-4-2-1-3-10(11)15(26)23-13-5-8-25(24-13)14-12(9-20)21-6-7-22-14/h1-8H,(H,23,24,26). The Hall–Kier alpha value is -3.74. The number of alkyl halides is 3. The van der Waals surface area contributed by atoms with E-state index in [1.54, 1.807) is 0 Å². The molecule has 0 saturated carbocycles. The number of nitriles is 1. The first-order valence-electron chi connectivity index (χ1n) is 7.15. The second-order valence-corrected chi connectivity index (χ2v) is 4.98. The number of nitrogens with one attached hydrogen (secondary N) is 1. The molecule has 3 rings (SSSR count). The summed E-state index contributed by atoms with van der Waals surface area (Å²) in [5, 5.41) is 15.3. The van der Waals surface area contributed by atoms with E-state index >= 15 is 0 Å². The van der Waals surface area contributed by atoms with Crippen LogP contribution in [0.3, 0.4) is 0 Å². The molecule has 3 aromatic rings. The van der Waals surface area contributed by atoms with Crippen LogP contribution in [0.5, 0.6) is 0 Å². The Morgan fingerprint density at radius 3 is 2.62 bits per heavy atom. The monoisotopic (exact) mass is 358 g/mol. The summed E-state index contributed by atoms with van der Waals surface area (Å²) < 4.78 is 40.2. The highest BCUT2D eigenvalue weighted by Gasteiger charge is 2.34. The Labute approximate surface area is 144 Å². The molecule has 0 aliphatic rings. The van der Waals surface area contributed by atoms with Crippen LogP contribution >= 0.6 is 0 Å². The molecule has 0 fully saturated rings. The van der Waals surface area contributed by atoms with Gasteiger partial charge in [-0.05, 0) is 12.1 Å². The van der Waals surface area contributed by atoms with Crippen LogP contribution in [0, 0.1) is 11.3 Å². The molecule has 130 valence electrons. The van der Waals surface area contributed by atoms with Gasteiger partial charge in [0.2, 0.25) is 0 Å². The SMILES string of the molecule is N#Cc1nccnc1-n1ccc(NC(=O)c2ccccc2C(F)(F)F)n1. The molecule has 1 aromatic carbocycles. The fourth-order valence-corrected chi connectivity index (χ4v) is 2.20. The Bertz CT molecular complexity index is 1010. The molecule has 2 heterocycles. The van der Waals surface area contributed by atoms with Gasteiger partial charge in [-0.3, -0.25) is 4.79 Å². The molecule has 1 N–H and O–H groups in total. The zero-order chi connectivity index (χ0) is 18.7. The fourth-order valence-electron chi connectivity index (χ4n) is 2.20. The Kier molecular flexibility index (Phi) is 4.36. The number of amides is 1. The zero-order valence-corrected chi connectivity index (χ0v) is 12.9. The predicted molar refractivity (Wildman–Crippen MR) is 83.3 cm³/mol. The van der Waals surface area contributed by atoms with Gasteiger partial charge in [-0.1, -0.05) is 12.1 Å². The van der Waals surface area contributed by atoms with Crippen molar-refractivity contribution in [1.82, 2.24) is 19.7 Å². The maximum absolute atomic E-state index is 13.0. The van der Waals surface area contributed by atoms with E-state index in [9.17, 15) is 18.0 Å². The number of carbonyl (C=O) groups excluding carboxylic acids is 1. The van der Waals surface area contributed by atoms with Crippen LogP contribution in [0.15, 0.2) is 48.9 Å². The molecule has 0 aliphatic heterocycles. The Morgan fingerprint density at radius 2 is 1.88 bits per heavy atom. The number of hydrogen-bond acceptors (Lipinski definition) is 5. The topological polar surface area (TPSA) is 96.5 Å². The van der Waals surface area contributed by atoms with Gasteiger partial charge in [0.15, 0.2) is 17.3 Å². The second kappa shape index (κ2) is 6.64. The van der Waals surface area contributed by atoms with E-state index in [1.807, 2.05) is 6.07 Å². The lowest BCUT2D eigenvalue weighted by Crippen LogP contribution is -2.19. The highest BCUT2D eigenvalue weighted by Crippen LogP contribution is 2.32. The number of halogens is 3. The van der Waals surface area contributed by atoms with Crippen molar-refractivity contribution in [2.45, 2.75) is 6.18 Å². The largest absolute Gasteiger partial charge is 0.417 e. The van der Waals surface area contributed by atoms with Crippen LogP contribution in [0.4, 0.5) is 19.0 Å². The highest BCUT2D eigenvalue weighted by atomic mass is 19.4. The third-order valence-corrected chi connectivity index (χ3v) is 3.31. The number of carbonyl (C=O) groups is 1. The van der Waals surface area contributed by atoms with Crippen molar-refractivity contribution in [3.05, 3.63) is 65.7 Å². The maximum Gasteiger partial charge on any atom is 0.417 e. The fraction of sp³-hybridized carbons (Fsp3) is 0.0625. The predicted octanol–water partition coefficient (Wildman–Crippen LogP) is 2.81. The number of hydrogen-bond donors (Lipinski definition) is 1. The van der Waals surface area contributed by atoms with Crippen LogP contribution in [0.25, 0.3) is 5.82 Å². The zero-order valence-electron chi connectivity index (χ0n) is 12.9. The minimum atomic E-state index is -4.66. The lowest BCUT2D eigenvalue weighted by atomic mass is 10.1. The maximum atomic E-state index is 13.0. The summed E-state index contributed by atoms with van der Waals surface area (Å²) in [5.41, 5.74) is -1.56. The van der Waals surface area contributed by atoms with Crippen molar-refractivity contribution in [2.75, 3.05) is 5.32 Å². The van der Waals surface area contributed by atoms with Gasteiger partial charge in [-0.25, -0.2) is 14.6 Å². The van der Waals surface area contributed by atoms with Gasteiger partial charge in [-0.2, -0.15) is 18.4 Å². The highest BCUT2D eigenvalue weighted by molar-refractivity contribution is 6.04. The molecular formula is C16H9F3N6O. The number of benzene rings is 1. The average molecular weight is 358 g/mol. The van der Waals surface area contributed by atoms with E-state index in [1.165, 1.54) is 41.5 Å². The quantitative estimate of drug-likeness (QED) is 0.777. The summed E-state index contributed by atoms with van der Waals surface area (Å²) in [5.74, 6) is -0.824. The average Bonchev–Trinajstić information content (AvgIpc) is 3.09. The van der Waals surface area contributed by atoms with Crippen LogP contribution in [0.2, 0.25) is 0 Å². The van der Waals surface area contributed by atoms with Gasteiger partial charge in [0.1, 0.15) is 6.07 Å². The third kappa shape index (κ3) is 3.36. The van der Waals surface area contributed by atoms with Gasteiger partial charge in [0.25, 0.3) is 5.91 Å². The molecular weight excluding hydrogens is 349 g/mol. The number of anilines is 1. The summed E-state index contributed by atoms with van der Waals surface area (Å²) >= 11 is 0. The van der Waals surface area contributed by atoms with E-state index < -0.39 is 23.2 Å². The first-order chi connectivity index (χ1) is 12.4. The van der Waals surface area contributed by atoms with Crippen molar-refractivity contribution in [1.29, 1.82) is 5.26 Å². The van der Waals surface area contributed by atoms with Crippen molar-refractivity contribution in [3.63, 3.8) is 0 Å². The molecule has 7 nitrogen and oxygen atoms in total.